The number of oxazole rings is 1. The highest BCUT2D eigenvalue weighted by atomic mass is 35.5. The summed E-state index contributed by atoms with van der Waals surface area (Å²) in [6.45, 7) is 2.07. The molecule has 1 aromatic heterocycles. The summed E-state index contributed by atoms with van der Waals surface area (Å²) in [4.78, 5) is 4.61. The zero-order valence-corrected chi connectivity index (χ0v) is 10.5. The predicted molar refractivity (Wildman–Crippen MR) is 68.4 cm³/mol. The number of hydrogen-bond donors (Lipinski definition) is 1. The van der Waals surface area contributed by atoms with Crippen LogP contribution in [-0.4, -0.2) is 10.5 Å². The number of nitrogens with two attached hydrogens (primary N) is 1. The average molecular weight is 251 g/mol. The Kier molecular flexibility index (Phi) is 1.97. The monoisotopic (exact) mass is 250 g/mol. The van der Waals surface area contributed by atoms with Crippen molar-refractivity contribution in [1.29, 1.82) is 0 Å². The summed E-state index contributed by atoms with van der Waals surface area (Å²) in [6, 6.07) is 6.14. The zero-order valence-electron chi connectivity index (χ0n) is 9.69. The number of benzene rings is 1. The first-order valence-corrected chi connectivity index (χ1v) is 5.75. The Morgan fingerprint density at radius 3 is 2.65 bits per heavy atom. The van der Waals surface area contributed by atoms with Crippen molar-refractivity contribution in [2.24, 2.45) is 5.73 Å². The molecular formula is C13H15ClN2O. The fourth-order valence-corrected chi connectivity index (χ4v) is 3.36. The van der Waals surface area contributed by atoms with Gasteiger partial charge in [-0.3, -0.25) is 0 Å². The van der Waals surface area contributed by atoms with Gasteiger partial charge >= 0.3 is 0 Å². The Hall–Kier alpha value is -1.06. The van der Waals surface area contributed by atoms with Crippen LogP contribution in [0.3, 0.4) is 0 Å². The van der Waals surface area contributed by atoms with Gasteiger partial charge in [0.1, 0.15) is 5.52 Å². The van der Waals surface area contributed by atoms with Crippen LogP contribution in [0.4, 0.5) is 0 Å². The van der Waals surface area contributed by atoms with Crippen LogP contribution in [0, 0.1) is 6.92 Å². The largest absolute Gasteiger partial charge is 0.440 e. The lowest BCUT2D eigenvalue weighted by Gasteiger charge is -2.67. The Morgan fingerprint density at radius 2 is 2.00 bits per heavy atom. The van der Waals surface area contributed by atoms with E-state index in [9.17, 15) is 0 Å². The molecule has 3 nitrogen and oxygen atoms in total. The van der Waals surface area contributed by atoms with Crippen molar-refractivity contribution in [2.45, 2.75) is 37.1 Å². The molecule has 2 bridgehead atoms. The minimum absolute atomic E-state index is 0. The smallest absolute Gasteiger partial charge is 0.201 e. The minimum atomic E-state index is 0. The number of halogens is 1. The van der Waals surface area contributed by atoms with Crippen LogP contribution in [-0.2, 0) is 5.41 Å². The lowest BCUT2D eigenvalue weighted by atomic mass is 9.40. The van der Waals surface area contributed by atoms with Crippen LogP contribution in [0.15, 0.2) is 22.6 Å². The third-order valence-electron chi connectivity index (χ3n) is 4.07. The maximum atomic E-state index is 6.06. The molecule has 0 spiro atoms. The maximum Gasteiger partial charge on any atom is 0.201 e. The van der Waals surface area contributed by atoms with Gasteiger partial charge in [0.25, 0.3) is 0 Å². The molecule has 0 atom stereocenters. The molecule has 2 aromatic rings. The normalized spacial score (nSPS) is 33.8. The van der Waals surface area contributed by atoms with Gasteiger partial charge in [-0.1, -0.05) is 6.07 Å². The standard InChI is InChI=1S/C13H14N2O.ClH/c1-8-2-3-10-9(4-8)15-11(16-10)12-5-13(14,6-12)7-12;/h2-4H,5-7,14H2,1H3;1H. The van der Waals surface area contributed by atoms with Gasteiger partial charge in [0, 0.05) is 5.54 Å². The van der Waals surface area contributed by atoms with E-state index < -0.39 is 0 Å². The predicted octanol–water partition coefficient (Wildman–Crippen LogP) is 2.69. The van der Waals surface area contributed by atoms with Crippen molar-refractivity contribution in [3.8, 4) is 0 Å². The average Bonchev–Trinajstić information content (AvgIpc) is 2.53. The minimum Gasteiger partial charge on any atom is -0.440 e. The number of aromatic nitrogens is 1. The lowest BCUT2D eigenvalue weighted by molar-refractivity contribution is -0.0757. The molecule has 1 aromatic carbocycles. The Morgan fingerprint density at radius 1 is 1.29 bits per heavy atom. The summed E-state index contributed by atoms with van der Waals surface area (Å²) < 4.78 is 5.85. The van der Waals surface area contributed by atoms with Gasteiger partial charge in [-0.05, 0) is 43.9 Å². The summed E-state index contributed by atoms with van der Waals surface area (Å²) in [6.07, 6.45) is 3.14. The Bertz CT molecular complexity index is 585. The van der Waals surface area contributed by atoms with Crippen molar-refractivity contribution in [2.75, 3.05) is 0 Å². The molecule has 5 rings (SSSR count). The SMILES string of the molecule is Cc1ccc2oc(C34CC(N)(C3)C4)nc2c1.Cl. The quantitative estimate of drug-likeness (QED) is 0.847. The fourth-order valence-electron chi connectivity index (χ4n) is 3.36. The van der Waals surface area contributed by atoms with Gasteiger partial charge in [-0.2, -0.15) is 0 Å². The molecule has 1 heterocycles. The fraction of sp³-hybridized carbons (Fsp3) is 0.462. The second-order valence-corrected chi connectivity index (χ2v) is 5.66. The van der Waals surface area contributed by atoms with Crippen LogP contribution >= 0.6 is 12.4 Å². The summed E-state index contributed by atoms with van der Waals surface area (Å²) in [5.74, 6) is 0.903. The molecule has 2 N–H and O–H groups in total. The van der Waals surface area contributed by atoms with E-state index in [0.29, 0.717) is 0 Å². The Labute approximate surface area is 106 Å². The van der Waals surface area contributed by atoms with Gasteiger partial charge in [-0.15, -0.1) is 12.4 Å². The van der Waals surface area contributed by atoms with Crippen molar-refractivity contribution in [3.63, 3.8) is 0 Å². The maximum absolute atomic E-state index is 6.06. The number of rotatable bonds is 1. The number of fused-ring (bicyclic) bond motifs is 1. The van der Waals surface area contributed by atoms with E-state index in [-0.39, 0.29) is 23.4 Å². The van der Waals surface area contributed by atoms with Gasteiger partial charge < -0.3 is 10.2 Å². The van der Waals surface area contributed by atoms with Gasteiger partial charge in [0.05, 0.1) is 5.41 Å². The first-order chi connectivity index (χ1) is 7.59. The highest BCUT2D eigenvalue weighted by molar-refractivity contribution is 5.85. The summed E-state index contributed by atoms with van der Waals surface area (Å²) in [5, 5.41) is 0. The van der Waals surface area contributed by atoms with Crippen LogP contribution in [0.5, 0.6) is 0 Å². The third kappa shape index (κ3) is 1.30. The van der Waals surface area contributed by atoms with Gasteiger partial charge in [0.15, 0.2) is 5.58 Å². The first kappa shape index (κ1) is 11.1. The molecule has 4 heteroatoms. The number of aryl methyl sites for hydroxylation is 1. The molecular weight excluding hydrogens is 236 g/mol. The van der Waals surface area contributed by atoms with E-state index >= 15 is 0 Å². The molecule has 0 saturated heterocycles. The Balaban J connectivity index is 0.000000902. The van der Waals surface area contributed by atoms with Crippen molar-refractivity contribution in [1.82, 2.24) is 4.98 Å². The first-order valence-electron chi connectivity index (χ1n) is 5.75. The van der Waals surface area contributed by atoms with E-state index in [1.54, 1.807) is 0 Å². The number of hydrogen-bond acceptors (Lipinski definition) is 3. The van der Waals surface area contributed by atoms with Gasteiger partial charge in [-0.25, -0.2) is 4.98 Å². The van der Waals surface area contributed by atoms with E-state index in [1.165, 1.54) is 5.56 Å². The summed E-state index contributed by atoms with van der Waals surface area (Å²) >= 11 is 0. The molecule has 90 valence electrons. The molecule has 3 aliphatic carbocycles. The molecule has 3 fully saturated rings. The molecule has 0 amide bonds. The van der Waals surface area contributed by atoms with E-state index in [1.807, 2.05) is 6.07 Å². The molecule has 17 heavy (non-hydrogen) atoms. The molecule has 3 aliphatic rings. The third-order valence-corrected chi connectivity index (χ3v) is 4.07. The zero-order chi connectivity index (χ0) is 11.0. The van der Waals surface area contributed by atoms with Crippen molar-refractivity contribution >= 4 is 23.5 Å². The highest BCUT2D eigenvalue weighted by Crippen LogP contribution is 2.66. The number of nitrogens with zero attached hydrogens (tertiary/aromatic N) is 1. The second kappa shape index (κ2) is 3.03. The molecule has 0 unspecified atom stereocenters. The van der Waals surface area contributed by atoms with Crippen LogP contribution in [0.2, 0.25) is 0 Å². The molecule has 0 radical (unpaired) electrons. The topological polar surface area (TPSA) is 52.0 Å². The summed E-state index contributed by atoms with van der Waals surface area (Å²) in [7, 11) is 0. The summed E-state index contributed by atoms with van der Waals surface area (Å²) in [5.41, 5.74) is 9.45. The van der Waals surface area contributed by atoms with Crippen molar-refractivity contribution < 1.29 is 4.42 Å². The van der Waals surface area contributed by atoms with Crippen molar-refractivity contribution in [3.05, 3.63) is 29.7 Å². The van der Waals surface area contributed by atoms with E-state index in [0.717, 1.165) is 36.3 Å². The van der Waals surface area contributed by atoms with Crippen LogP contribution < -0.4 is 5.73 Å². The second-order valence-electron chi connectivity index (χ2n) is 5.66. The van der Waals surface area contributed by atoms with Crippen LogP contribution in [0.25, 0.3) is 11.1 Å². The molecule has 0 aliphatic heterocycles. The van der Waals surface area contributed by atoms with E-state index in [2.05, 4.69) is 24.0 Å². The highest BCUT2D eigenvalue weighted by Gasteiger charge is 2.69. The van der Waals surface area contributed by atoms with E-state index in [4.69, 9.17) is 10.2 Å². The molecule has 3 saturated carbocycles. The lowest BCUT2D eigenvalue weighted by Crippen LogP contribution is -2.74. The van der Waals surface area contributed by atoms with Gasteiger partial charge in [0.2, 0.25) is 5.89 Å². The van der Waals surface area contributed by atoms with Crippen LogP contribution in [0.1, 0.15) is 30.7 Å².